The molecule has 0 radical (unpaired) electrons. The van der Waals surface area contributed by atoms with Crippen molar-refractivity contribution in [1.29, 1.82) is 0 Å². The van der Waals surface area contributed by atoms with Gasteiger partial charge in [-0.2, -0.15) is 5.10 Å². The zero-order chi connectivity index (χ0) is 17.7. The lowest BCUT2D eigenvalue weighted by molar-refractivity contribution is -0.131. The Morgan fingerprint density at radius 2 is 1.84 bits per heavy atom. The van der Waals surface area contributed by atoms with E-state index in [2.05, 4.69) is 39.5 Å². The number of amides is 1. The van der Waals surface area contributed by atoms with Gasteiger partial charge in [0.15, 0.2) is 5.82 Å². The molecule has 1 aromatic heterocycles. The van der Waals surface area contributed by atoms with Crippen LogP contribution in [0, 0.1) is 12.3 Å². The van der Waals surface area contributed by atoms with E-state index in [9.17, 15) is 4.79 Å². The van der Waals surface area contributed by atoms with Crippen molar-refractivity contribution < 1.29 is 4.79 Å². The fourth-order valence-electron chi connectivity index (χ4n) is 3.20. The second-order valence-corrected chi connectivity index (χ2v) is 7.07. The van der Waals surface area contributed by atoms with Crippen molar-refractivity contribution in [1.82, 2.24) is 15.5 Å². The maximum atomic E-state index is 12.6. The summed E-state index contributed by atoms with van der Waals surface area (Å²) in [6.45, 7) is 6.36. The largest absolute Gasteiger partial charge is 0.355 e. The number of rotatable bonds is 5. The highest BCUT2D eigenvalue weighted by atomic mass is 16.2. The predicted octanol–water partition coefficient (Wildman–Crippen LogP) is 2.75. The van der Waals surface area contributed by atoms with Crippen molar-refractivity contribution in [3.8, 4) is 0 Å². The number of hydrogen-bond donors (Lipinski definition) is 1. The molecule has 5 heteroatoms. The first-order valence-electron chi connectivity index (χ1n) is 8.94. The first-order valence-corrected chi connectivity index (χ1v) is 8.94. The van der Waals surface area contributed by atoms with Gasteiger partial charge in [0.25, 0.3) is 0 Å². The molecule has 3 rings (SSSR count). The molecule has 2 aromatic rings. The zero-order valence-corrected chi connectivity index (χ0v) is 15.0. The van der Waals surface area contributed by atoms with Crippen molar-refractivity contribution >= 4 is 11.7 Å². The van der Waals surface area contributed by atoms with Crippen molar-refractivity contribution in [3.05, 3.63) is 53.7 Å². The summed E-state index contributed by atoms with van der Waals surface area (Å²) >= 11 is 0. The van der Waals surface area contributed by atoms with Crippen LogP contribution < -0.4 is 10.2 Å². The molecule has 0 atom stereocenters. The molecule has 1 fully saturated rings. The van der Waals surface area contributed by atoms with E-state index in [1.165, 1.54) is 5.56 Å². The molecule has 5 nitrogen and oxygen atoms in total. The molecule has 1 aromatic carbocycles. The molecule has 0 spiro atoms. The van der Waals surface area contributed by atoms with E-state index in [1.807, 2.05) is 37.3 Å². The summed E-state index contributed by atoms with van der Waals surface area (Å²) in [4.78, 5) is 14.9. The molecule has 0 saturated carbocycles. The number of piperidine rings is 1. The summed E-state index contributed by atoms with van der Waals surface area (Å²) in [6, 6.07) is 14.2. The van der Waals surface area contributed by atoms with E-state index >= 15 is 0 Å². The summed E-state index contributed by atoms with van der Waals surface area (Å²) in [6.07, 6.45) is 2.53. The molecule has 0 unspecified atom stereocenters. The van der Waals surface area contributed by atoms with Crippen molar-refractivity contribution in [2.45, 2.75) is 33.1 Å². The second kappa shape index (κ2) is 7.64. The van der Waals surface area contributed by atoms with Gasteiger partial charge in [-0.05, 0) is 43.9 Å². The number of benzene rings is 1. The van der Waals surface area contributed by atoms with Crippen LogP contribution in [0.5, 0.6) is 0 Å². The van der Waals surface area contributed by atoms with E-state index in [4.69, 9.17) is 0 Å². The Bertz CT molecular complexity index is 691. The number of carbonyl (C=O) groups excluding carboxylic acids is 1. The average molecular weight is 338 g/mol. The quantitative estimate of drug-likeness (QED) is 0.911. The smallest absolute Gasteiger partial charge is 0.226 e. The minimum atomic E-state index is -0.300. The first kappa shape index (κ1) is 17.4. The van der Waals surface area contributed by atoms with E-state index in [0.29, 0.717) is 6.54 Å². The van der Waals surface area contributed by atoms with Gasteiger partial charge < -0.3 is 10.2 Å². The standard InChI is InChI=1S/C20H26N4O/c1-16-8-9-18(23-22-16)24-14-11-20(2,12-15-24)19(25)21-13-10-17-6-4-3-5-7-17/h3-9H,10-15H2,1-2H3,(H,21,25). The van der Waals surface area contributed by atoms with Crippen LogP contribution in [0.25, 0.3) is 0 Å². The van der Waals surface area contributed by atoms with Gasteiger partial charge in [0, 0.05) is 25.0 Å². The zero-order valence-electron chi connectivity index (χ0n) is 15.0. The summed E-state index contributed by atoms with van der Waals surface area (Å²) in [5.74, 6) is 1.07. The highest BCUT2D eigenvalue weighted by Crippen LogP contribution is 2.32. The third-order valence-electron chi connectivity index (χ3n) is 5.07. The SMILES string of the molecule is Cc1ccc(N2CCC(C)(C(=O)NCCc3ccccc3)CC2)nn1. The van der Waals surface area contributed by atoms with E-state index in [1.54, 1.807) is 0 Å². The Labute approximate surface area is 149 Å². The first-order chi connectivity index (χ1) is 12.1. The molecule has 1 aliphatic rings. The maximum Gasteiger partial charge on any atom is 0.226 e. The van der Waals surface area contributed by atoms with Crippen LogP contribution in [0.1, 0.15) is 31.0 Å². The summed E-state index contributed by atoms with van der Waals surface area (Å²) in [5.41, 5.74) is 1.87. The molecule has 0 aliphatic carbocycles. The van der Waals surface area contributed by atoms with Crippen LogP contribution in [0.4, 0.5) is 5.82 Å². The van der Waals surface area contributed by atoms with Gasteiger partial charge in [0.2, 0.25) is 5.91 Å². The Hall–Kier alpha value is -2.43. The maximum absolute atomic E-state index is 12.6. The topological polar surface area (TPSA) is 58.1 Å². The summed E-state index contributed by atoms with van der Waals surface area (Å²) in [7, 11) is 0. The Morgan fingerprint density at radius 1 is 1.12 bits per heavy atom. The van der Waals surface area contributed by atoms with Crippen molar-refractivity contribution in [3.63, 3.8) is 0 Å². The van der Waals surface area contributed by atoms with Gasteiger partial charge in [-0.1, -0.05) is 37.3 Å². The average Bonchev–Trinajstić information content (AvgIpc) is 2.64. The van der Waals surface area contributed by atoms with Crippen molar-refractivity contribution in [2.75, 3.05) is 24.5 Å². The fraction of sp³-hybridized carbons (Fsp3) is 0.450. The lowest BCUT2D eigenvalue weighted by Crippen LogP contribution is -2.48. The van der Waals surface area contributed by atoms with Gasteiger partial charge >= 0.3 is 0 Å². The molecule has 1 saturated heterocycles. The molecular weight excluding hydrogens is 312 g/mol. The van der Waals surface area contributed by atoms with Crippen LogP contribution in [0.3, 0.4) is 0 Å². The number of nitrogens with one attached hydrogen (secondary N) is 1. The number of aromatic nitrogens is 2. The predicted molar refractivity (Wildman–Crippen MR) is 99.5 cm³/mol. The molecule has 1 N–H and O–H groups in total. The lowest BCUT2D eigenvalue weighted by atomic mass is 9.79. The van der Waals surface area contributed by atoms with Crippen LogP contribution >= 0.6 is 0 Å². The fourth-order valence-corrected chi connectivity index (χ4v) is 3.20. The summed E-state index contributed by atoms with van der Waals surface area (Å²) < 4.78 is 0. The van der Waals surface area contributed by atoms with Crippen LogP contribution in [-0.2, 0) is 11.2 Å². The van der Waals surface area contributed by atoms with Gasteiger partial charge in [0.05, 0.1) is 5.69 Å². The Balaban J connectivity index is 1.49. The molecule has 2 heterocycles. The highest BCUT2D eigenvalue weighted by Gasteiger charge is 2.37. The molecule has 25 heavy (non-hydrogen) atoms. The van der Waals surface area contributed by atoms with E-state index in [-0.39, 0.29) is 11.3 Å². The molecular formula is C20H26N4O. The minimum absolute atomic E-state index is 0.165. The van der Waals surface area contributed by atoms with Crippen LogP contribution in [-0.4, -0.2) is 35.7 Å². The van der Waals surface area contributed by atoms with Gasteiger partial charge in [-0.3, -0.25) is 4.79 Å². The molecule has 132 valence electrons. The number of aryl methyl sites for hydroxylation is 1. The number of carbonyl (C=O) groups is 1. The Morgan fingerprint density at radius 3 is 2.48 bits per heavy atom. The molecule has 1 aliphatic heterocycles. The Kier molecular flexibility index (Phi) is 5.31. The third-order valence-corrected chi connectivity index (χ3v) is 5.07. The normalized spacial score (nSPS) is 16.5. The van der Waals surface area contributed by atoms with Gasteiger partial charge in [-0.25, -0.2) is 0 Å². The van der Waals surface area contributed by atoms with Crippen LogP contribution in [0.2, 0.25) is 0 Å². The molecule has 0 bridgehead atoms. The minimum Gasteiger partial charge on any atom is -0.355 e. The van der Waals surface area contributed by atoms with E-state index in [0.717, 1.165) is 43.9 Å². The van der Waals surface area contributed by atoms with Crippen LogP contribution in [0.15, 0.2) is 42.5 Å². The molecule has 1 amide bonds. The number of anilines is 1. The monoisotopic (exact) mass is 338 g/mol. The van der Waals surface area contributed by atoms with E-state index < -0.39 is 0 Å². The number of nitrogens with zero attached hydrogens (tertiary/aromatic N) is 3. The second-order valence-electron chi connectivity index (χ2n) is 7.07. The van der Waals surface area contributed by atoms with Gasteiger partial charge in [-0.15, -0.1) is 5.10 Å². The number of hydrogen-bond acceptors (Lipinski definition) is 4. The lowest BCUT2D eigenvalue weighted by Gasteiger charge is -2.38. The van der Waals surface area contributed by atoms with Crippen molar-refractivity contribution in [2.24, 2.45) is 5.41 Å². The third kappa shape index (κ3) is 4.35. The van der Waals surface area contributed by atoms with Gasteiger partial charge in [0.1, 0.15) is 0 Å². The summed E-state index contributed by atoms with van der Waals surface area (Å²) in [5, 5.41) is 11.5. The highest BCUT2D eigenvalue weighted by molar-refractivity contribution is 5.82.